The van der Waals surface area contributed by atoms with Gasteiger partial charge in [0.05, 0.1) is 75.0 Å². The van der Waals surface area contributed by atoms with Gasteiger partial charge in [-0.2, -0.15) is 0 Å². The number of carbonyl (C=O) groups excluding carboxylic acids is 10. The van der Waals surface area contributed by atoms with Crippen LogP contribution in [0.2, 0.25) is 0 Å². The van der Waals surface area contributed by atoms with E-state index >= 15 is 0 Å². The van der Waals surface area contributed by atoms with Crippen LogP contribution in [0.3, 0.4) is 0 Å². The van der Waals surface area contributed by atoms with Gasteiger partial charge in [0, 0.05) is 137 Å². The second-order valence-corrected chi connectivity index (χ2v) is 31.7. The Labute approximate surface area is 724 Å². The summed E-state index contributed by atoms with van der Waals surface area (Å²) in [5.41, 5.74) is 12.9. The number of carboxylic acids is 1. The lowest BCUT2D eigenvalue weighted by atomic mass is 9.93. The highest BCUT2D eigenvalue weighted by molar-refractivity contribution is 6.15. The first-order valence-corrected chi connectivity index (χ1v) is 43.1. The molecule has 4 aromatic rings. The number of aliphatic carboxylic acids is 1. The van der Waals surface area contributed by atoms with Crippen LogP contribution in [0.25, 0.3) is 11.1 Å². The summed E-state index contributed by atoms with van der Waals surface area (Å²) in [6.45, 7) is 10.3. The maximum absolute atomic E-state index is 14.2. The number of anilines is 1. The number of nitrogens with one attached hydrogen (secondary N) is 1. The fourth-order valence-corrected chi connectivity index (χ4v) is 14.3. The fraction of sp³-hybridized carbons (Fsp3) is 0.516. The Morgan fingerprint density at radius 2 is 0.959 bits per heavy atom. The Kier molecular flexibility index (Phi) is 43.3. The third-order valence-corrected chi connectivity index (χ3v) is 21.1. The zero-order valence-corrected chi connectivity index (χ0v) is 74.4. The van der Waals surface area contributed by atoms with Crippen LogP contribution >= 0.6 is 11.6 Å². The topological polar surface area (TPSA) is 340 Å². The minimum absolute atomic E-state index is 0.0184. The van der Waals surface area contributed by atoms with Crippen molar-refractivity contribution in [2.45, 2.75) is 187 Å². The zero-order valence-electron chi connectivity index (χ0n) is 73.6. The number of ether oxygens (including phenoxy) is 5. The molecular weight excluding hydrogens is 1580 g/mol. The van der Waals surface area contributed by atoms with Gasteiger partial charge in [-0.25, -0.2) is 0 Å². The maximum atomic E-state index is 14.2. The predicted molar refractivity (Wildman–Crippen MR) is 477 cm³/mol. The molecule has 29 heteroatoms. The molecule has 5 atom stereocenters. The first kappa shape index (κ1) is 100. The van der Waals surface area contributed by atoms with Crippen LogP contribution in [0, 0.1) is 18.8 Å². The summed E-state index contributed by atoms with van der Waals surface area (Å²) in [5, 5.41) is 12.3. The van der Waals surface area contributed by atoms with Crippen molar-refractivity contribution >= 4 is 117 Å². The number of methoxy groups -OCH3 is 3. The normalized spacial score (nSPS) is 16.0. The summed E-state index contributed by atoms with van der Waals surface area (Å²) in [6, 6.07) is 21.4. The molecule has 0 radical (unpaired) electrons. The number of Topliss-reactive ketones (excluding diaryl/α,β-unsaturated/α-hetero) is 2. The molecule has 0 fully saturated rings. The number of carbonyl (C=O) groups is 11. The first-order chi connectivity index (χ1) is 58.6. The fourth-order valence-electron chi connectivity index (χ4n) is 14.3. The van der Waals surface area contributed by atoms with Crippen molar-refractivity contribution in [3.05, 3.63) is 137 Å². The van der Waals surface area contributed by atoms with E-state index in [0.29, 0.717) is 155 Å². The summed E-state index contributed by atoms with van der Waals surface area (Å²) in [6.07, 6.45) is 29.1. The summed E-state index contributed by atoms with van der Waals surface area (Å²) in [5.74, 6) is -1.77. The number of benzene rings is 4. The minimum Gasteiger partial charge on any atom is -0.497 e. The molecule has 0 saturated heterocycles. The van der Waals surface area contributed by atoms with Crippen molar-refractivity contribution in [2.24, 2.45) is 27.6 Å². The third kappa shape index (κ3) is 32.1. The number of halogens is 1. The van der Waals surface area contributed by atoms with Gasteiger partial charge in [0.25, 0.3) is 35.4 Å². The van der Waals surface area contributed by atoms with E-state index in [1.54, 1.807) is 35.3 Å². The van der Waals surface area contributed by atoms with E-state index in [-0.39, 0.29) is 83.8 Å². The Hall–Kier alpha value is -10.5. The van der Waals surface area contributed by atoms with Crippen molar-refractivity contribution in [2.75, 3.05) is 121 Å². The number of aryl methyl sites for hydroxylation is 1. The molecule has 0 aliphatic carbocycles. The van der Waals surface area contributed by atoms with Crippen molar-refractivity contribution in [1.82, 2.24) is 34.3 Å². The number of alkyl halides is 1. The van der Waals surface area contributed by atoms with Gasteiger partial charge in [0.2, 0.25) is 5.91 Å². The van der Waals surface area contributed by atoms with E-state index < -0.39 is 23.8 Å². The number of amides is 7. The Morgan fingerprint density at radius 3 is 1.40 bits per heavy atom. The van der Waals surface area contributed by atoms with E-state index in [2.05, 4.69) is 50.2 Å². The summed E-state index contributed by atoms with van der Waals surface area (Å²) < 4.78 is 27.9. The van der Waals surface area contributed by atoms with Gasteiger partial charge in [0.1, 0.15) is 29.1 Å². The lowest BCUT2D eigenvalue weighted by molar-refractivity contribution is -0.144. The molecule has 7 amide bonds. The molecule has 6 heterocycles. The summed E-state index contributed by atoms with van der Waals surface area (Å²) in [7, 11) is 16.6. The Balaban J connectivity index is 0.000000428. The van der Waals surface area contributed by atoms with Crippen LogP contribution in [0.4, 0.5) is 17.1 Å². The summed E-state index contributed by atoms with van der Waals surface area (Å²) >= 11 is 4.64. The van der Waals surface area contributed by atoms with Gasteiger partial charge < -0.3 is 64.3 Å². The van der Waals surface area contributed by atoms with Crippen LogP contribution in [-0.2, 0) is 47.9 Å². The number of aliphatic imine (C=N–C) groups is 2. The Morgan fingerprint density at radius 1 is 0.533 bits per heavy atom. The Bertz CT molecular complexity index is 4330. The van der Waals surface area contributed by atoms with Crippen LogP contribution in [0.15, 0.2) is 119 Å². The smallest absolute Gasteiger partial charge is 0.322 e. The third-order valence-electron chi connectivity index (χ3n) is 21.1. The molecule has 0 bridgehead atoms. The molecule has 6 aliphatic heterocycles. The molecular formula is C93H128ClN11O17. The molecule has 664 valence electrons. The second kappa shape index (κ2) is 52.7. The van der Waals surface area contributed by atoms with Crippen molar-refractivity contribution in [3.8, 4) is 23.0 Å². The van der Waals surface area contributed by atoms with Gasteiger partial charge in [-0.1, -0.05) is 76.6 Å². The van der Waals surface area contributed by atoms with Gasteiger partial charge in [-0.05, 0) is 197 Å². The lowest BCUT2D eigenvalue weighted by Gasteiger charge is -2.19. The molecule has 4 aromatic carbocycles. The molecule has 28 nitrogen and oxygen atoms in total. The van der Waals surface area contributed by atoms with Gasteiger partial charge >= 0.3 is 11.9 Å². The average molecular weight is 1710 g/mol. The number of imide groups is 2. The van der Waals surface area contributed by atoms with Crippen LogP contribution in [-0.4, -0.2) is 251 Å². The van der Waals surface area contributed by atoms with E-state index in [0.717, 1.165) is 98.2 Å². The number of carboxylic acid groups (broad SMARTS) is 1. The van der Waals surface area contributed by atoms with Crippen LogP contribution < -0.4 is 30.0 Å². The number of ketones is 2. The van der Waals surface area contributed by atoms with Crippen LogP contribution in [0.1, 0.15) is 199 Å². The van der Waals surface area contributed by atoms with E-state index in [4.69, 9.17) is 34.7 Å². The number of nitrogens with two attached hydrogens (primary N) is 1. The lowest BCUT2D eigenvalue weighted by Crippen LogP contribution is -2.32. The number of hydrogen-bond donors (Lipinski definition) is 3. The monoisotopic (exact) mass is 1710 g/mol. The van der Waals surface area contributed by atoms with Gasteiger partial charge in [0.15, 0.2) is 11.5 Å². The maximum Gasteiger partial charge on any atom is 0.322 e. The molecule has 6 aliphatic rings. The molecule has 0 spiro atoms. The van der Waals surface area contributed by atoms with Crippen LogP contribution in [0.5, 0.6) is 23.0 Å². The van der Waals surface area contributed by atoms with Gasteiger partial charge in [-0.3, -0.25) is 72.5 Å². The number of rotatable bonds is 45. The predicted octanol–water partition coefficient (Wildman–Crippen LogP) is 13.9. The van der Waals surface area contributed by atoms with Crippen molar-refractivity contribution in [3.63, 3.8) is 0 Å². The molecule has 0 aromatic heterocycles. The number of fused-ring (bicyclic) bond motifs is 4. The number of nitrogens with zero attached hydrogens (tertiary/aromatic N) is 9. The highest BCUT2D eigenvalue weighted by atomic mass is 35.5. The molecule has 4 N–H and O–H groups in total. The standard InChI is InChI=1S/C61H67N7O10.C19H30N2O5.C9H20N2O2.C3H8.CH3Cl/c1-39-28-50-52(62-35-46-30-44(38-67(46)60(50)73)41-16-20-49(75-4)21-17-41)33-54(39)77-26-11-27-78-56-34-53-51(32-55(56)76-5)61(74)68-37-43(29-47(68)36-63-53)40-14-18-45(19-15-40)64-59(72)42(12-8-10-24-65(2)3)31-48(69)13-7-6-9-25-66-57(70)22-23-58(66)71;1-20(2)12-7-5-8-15(19(25)26)14-16(22)9-4-3-6-13-21-17(23)10-11-18(21)24;1-11(2)7-5-4-6-8(10)9(12)13-3;1-3-2;1-2/h14-23,28,32-38,42,46-47H,6-13,24-27,29-31H2,1-5H3,(H,64,72);10-11,15H,3-9,12-14H2,1-2H3,(H,25,26);8H,4-7,10H2,1-3H3;3H2,1-2H3;1H3/t42-,46+,47+;15-;8-;;/m110../s1. The molecule has 122 heavy (non-hydrogen) atoms. The van der Waals surface area contributed by atoms with Crippen molar-refractivity contribution in [1.29, 1.82) is 0 Å². The van der Waals surface area contributed by atoms with Crippen molar-refractivity contribution < 1.29 is 81.5 Å². The average Bonchev–Trinajstić information content (AvgIpc) is 1.63. The molecule has 10 rings (SSSR count). The highest BCUT2D eigenvalue weighted by Gasteiger charge is 2.36. The summed E-state index contributed by atoms with van der Waals surface area (Å²) in [4.78, 5) is 157. The van der Waals surface area contributed by atoms with Gasteiger partial charge in [-0.15, -0.1) is 11.6 Å². The molecule has 0 saturated carbocycles. The van der Waals surface area contributed by atoms with E-state index in [1.807, 2.05) is 128 Å². The first-order valence-electron chi connectivity index (χ1n) is 42.4. The number of hydrogen-bond acceptors (Lipinski definition) is 22. The SMILES string of the molecule is CCC.CCl.CN(C)CCCC[C@H](CC(=O)CCCCCN1C(=O)C=CC1=O)C(=O)O.COC(=O)[C@@H](N)CCCCN(C)C.COc1ccc(C2=CN3C(=O)c4cc(C)c(OCCCOc5cc6c(cc5OC)C(=O)N5C=C(c7ccc(NC(=O)[C@H](CCCCN(C)C)CC(=O)CCCCCN8C(=O)C=CC8=O)cc7)C[C@H]5C=N6)cc4N=C[C@@H]3C2)cc1. The number of esters is 1. The quantitative estimate of drug-likeness (QED) is 0.0160. The zero-order chi connectivity index (χ0) is 89.4. The molecule has 0 unspecified atom stereocenters. The number of unbranched alkanes of at least 4 members (excludes halogenated alkanes) is 7. The highest BCUT2D eigenvalue weighted by Crippen LogP contribution is 2.42. The largest absolute Gasteiger partial charge is 0.497 e. The minimum atomic E-state index is -0.901. The van der Waals surface area contributed by atoms with E-state index in [1.165, 1.54) is 61.1 Å². The van der Waals surface area contributed by atoms with E-state index in [9.17, 15) is 57.8 Å². The second-order valence-electron chi connectivity index (χ2n) is 31.7.